The number of likely N-dealkylation sites (N-methyl/N-ethyl adjacent to an activating group) is 1. The van der Waals surface area contributed by atoms with Crippen LogP contribution in [0.3, 0.4) is 0 Å². The Bertz CT molecular complexity index is 959. The fraction of sp³-hybridized carbons (Fsp3) is 0.273. The highest BCUT2D eigenvalue weighted by atomic mass is 32.1. The highest BCUT2D eigenvalue weighted by Crippen LogP contribution is 2.25. The summed E-state index contributed by atoms with van der Waals surface area (Å²) in [5.41, 5.74) is 4.60. The van der Waals surface area contributed by atoms with E-state index in [1.165, 1.54) is 5.69 Å². The lowest BCUT2D eigenvalue weighted by Crippen LogP contribution is -2.44. The van der Waals surface area contributed by atoms with E-state index in [9.17, 15) is 4.79 Å². The predicted octanol–water partition coefficient (Wildman–Crippen LogP) is 4.12. The van der Waals surface area contributed by atoms with Crippen molar-refractivity contribution in [2.75, 3.05) is 43.4 Å². The molecule has 2 aromatic carbocycles. The Morgan fingerprint density at radius 2 is 1.82 bits per heavy atom. The number of benzene rings is 2. The number of piperazine rings is 1. The van der Waals surface area contributed by atoms with Crippen molar-refractivity contribution in [2.45, 2.75) is 6.92 Å². The van der Waals surface area contributed by atoms with Gasteiger partial charge in [-0.1, -0.05) is 12.1 Å². The van der Waals surface area contributed by atoms with Crippen LogP contribution in [-0.4, -0.2) is 49.0 Å². The van der Waals surface area contributed by atoms with E-state index in [-0.39, 0.29) is 5.91 Å². The van der Waals surface area contributed by atoms with Gasteiger partial charge in [0.1, 0.15) is 5.01 Å². The van der Waals surface area contributed by atoms with Gasteiger partial charge in [-0.05, 0) is 50.4 Å². The standard InChI is InChI=1S/C22H24N4OS/c1-16-15-28-22(23-16)18-5-3-4-17(14-18)21(27)24-19-6-8-20(9-7-19)26-12-10-25(2)11-13-26/h3-9,14-15H,10-13H2,1-2H3,(H,24,27). The van der Waals surface area contributed by atoms with Gasteiger partial charge in [-0.3, -0.25) is 4.79 Å². The van der Waals surface area contributed by atoms with Gasteiger partial charge in [0.25, 0.3) is 5.91 Å². The molecule has 1 aliphatic rings. The van der Waals surface area contributed by atoms with Crippen LogP contribution >= 0.6 is 11.3 Å². The number of amides is 1. The SMILES string of the molecule is Cc1csc(-c2cccc(C(=O)Nc3ccc(N4CCN(C)CC4)cc3)c2)n1. The third-order valence-electron chi connectivity index (χ3n) is 4.98. The van der Waals surface area contributed by atoms with Crippen LogP contribution in [0.1, 0.15) is 16.1 Å². The molecule has 28 heavy (non-hydrogen) atoms. The third-order valence-corrected chi connectivity index (χ3v) is 5.99. The zero-order valence-corrected chi connectivity index (χ0v) is 17.0. The number of nitrogens with zero attached hydrogens (tertiary/aromatic N) is 3. The highest BCUT2D eigenvalue weighted by Gasteiger charge is 2.14. The monoisotopic (exact) mass is 392 g/mol. The molecule has 1 aliphatic heterocycles. The zero-order valence-electron chi connectivity index (χ0n) is 16.2. The number of carbonyl (C=O) groups is 1. The first-order chi connectivity index (χ1) is 13.6. The van der Waals surface area contributed by atoms with Crippen LogP contribution < -0.4 is 10.2 Å². The molecule has 1 saturated heterocycles. The van der Waals surface area contributed by atoms with Gasteiger partial charge in [0.2, 0.25) is 0 Å². The van der Waals surface area contributed by atoms with E-state index in [0.717, 1.165) is 48.1 Å². The van der Waals surface area contributed by atoms with Gasteiger partial charge in [0.05, 0.1) is 0 Å². The summed E-state index contributed by atoms with van der Waals surface area (Å²) >= 11 is 1.59. The van der Waals surface area contributed by atoms with Crippen molar-refractivity contribution in [1.82, 2.24) is 9.88 Å². The summed E-state index contributed by atoms with van der Waals surface area (Å²) in [6.45, 7) is 6.19. The fourth-order valence-electron chi connectivity index (χ4n) is 3.30. The van der Waals surface area contributed by atoms with E-state index in [0.29, 0.717) is 5.56 Å². The lowest BCUT2D eigenvalue weighted by molar-refractivity contribution is 0.102. The van der Waals surface area contributed by atoms with E-state index < -0.39 is 0 Å². The molecule has 0 aliphatic carbocycles. The van der Waals surface area contributed by atoms with Gasteiger partial charge in [0, 0.05) is 59.8 Å². The number of hydrogen-bond acceptors (Lipinski definition) is 5. The molecule has 0 spiro atoms. The first kappa shape index (κ1) is 18.7. The predicted molar refractivity (Wildman–Crippen MR) is 116 cm³/mol. The fourth-order valence-corrected chi connectivity index (χ4v) is 4.10. The lowest BCUT2D eigenvalue weighted by Gasteiger charge is -2.34. The number of anilines is 2. The number of hydrogen-bond donors (Lipinski definition) is 1. The second-order valence-corrected chi connectivity index (χ2v) is 8.02. The number of nitrogens with one attached hydrogen (secondary N) is 1. The summed E-state index contributed by atoms with van der Waals surface area (Å²) in [6.07, 6.45) is 0. The molecule has 1 fully saturated rings. The van der Waals surface area contributed by atoms with E-state index in [2.05, 4.69) is 39.3 Å². The van der Waals surface area contributed by atoms with Crippen LogP contribution in [0.2, 0.25) is 0 Å². The van der Waals surface area contributed by atoms with Gasteiger partial charge in [-0.25, -0.2) is 4.98 Å². The molecule has 1 aromatic heterocycles. The van der Waals surface area contributed by atoms with Crippen LogP contribution in [0.4, 0.5) is 11.4 Å². The van der Waals surface area contributed by atoms with Crippen molar-refractivity contribution in [3.63, 3.8) is 0 Å². The molecular weight excluding hydrogens is 368 g/mol. The molecule has 4 rings (SSSR count). The maximum absolute atomic E-state index is 12.7. The minimum Gasteiger partial charge on any atom is -0.369 e. The summed E-state index contributed by atoms with van der Waals surface area (Å²) < 4.78 is 0. The Kier molecular flexibility index (Phi) is 5.41. The van der Waals surface area contributed by atoms with E-state index in [1.54, 1.807) is 11.3 Å². The Labute approximate surface area is 169 Å². The number of thiazole rings is 1. The van der Waals surface area contributed by atoms with Gasteiger partial charge in [-0.15, -0.1) is 11.3 Å². The smallest absolute Gasteiger partial charge is 0.255 e. The van der Waals surface area contributed by atoms with Crippen LogP contribution in [0.15, 0.2) is 53.9 Å². The quantitative estimate of drug-likeness (QED) is 0.726. The zero-order chi connectivity index (χ0) is 19.5. The van der Waals surface area contributed by atoms with Crippen molar-refractivity contribution in [3.05, 3.63) is 65.2 Å². The molecule has 0 saturated carbocycles. The topological polar surface area (TPSA) is 48.5 Å². The van der Waals surface area contributed by atoms with Gasteiger partial charge < -0.3 is 15.1 Å². The largest absolute Gasteiger partial charge is 0.369 e. The molecule has 1 N–H and O–H groups in total. The molecule has 0 unspecified atom stereocenters. The van der Waals surface area contributed by atoms with E-state index in [4.69, 9.17) is 0 Å². The Balaban J connectivity index is 1.44. The molecule has 3 aromatic rings. The number of rotatable bonds is 4. The molecule has 0 bridgehead atoms. The summed E-state index contributed by atoms with van der Waals surface area (Å²) in [6, 6.07) is 15.7. The summed E-state index contributed by atoms with van der Waals surface area (Å²) in [4.78, 5) is 21.9. The highest BCUT2D eigenvalue weighted by molar-refractivity contribution is 7.13. The average Bonchev–Trinajstić information content (AvgIpc) is 3.16. The molecule has 6 heteroatoms. The third kappa shape index (κ3) is 4.24. The summed E-state index contributed by atoms with van der Waals surface area (Å²) in [7, 11) is 2.15. The van der Waals surface area contributed by atoms with Crippen LogP contribution in [-0.2, 0) is 0 Å². The number of aromatic nitrogens is 1. The van der Waals surface area contributed by atoms with Crippen molar-refractivity contribution in [1.29, 1.82) is 0 Å². The number of carbonyl (C=O) groups excluding carboxylic acids is 1. The van der Waals surface area contributed by atoms with E-state index in [1.807, 2.05) is 48.7 Å². The first-order valence-electron chi connectivity index (χ1n) is 9.46. The second-order valence-electron chi connectivity index (χ2n) is 7.17. The Hall–Kier alpha value is -2.70. The molecule has 0 radical (unpaired) electrons. The van der Waals surface area contributed by atoms with Gasteiger partial charge in [-0.2, -0.15) is 0 Å². The Morgan fingerprint density at radius 1 is 1.07 bits per heavy atom. The molecule has 1 amide bonds. The van der Waals surface area contributed by atoms with Gasteiger partial charge in [0.15, 0.2) is 0 Å². The molecule has 0 atom stereocenters. The lowest BCUT2D eigenvalue weighted by atomic mass is 10.1. The molecular formula is C22H24N4OS. The minimum atomic E-state index is -0.109. The molecule has 5 nitrogen and oxygen atoms in total. The summed E-state index contributed by atoms with van der Waals surface area (Å²) in [5, 5.41) is 5.95. The summed E-state index contributed by atoms with van der Waals surface area (Å²) in [5.74, 6) is -0.109. The van der Waals surface area contributed by atoms with Crippen molar-refractivity contribution >= 4 is 28.6 Å². The minimum absolute atomic E-state index is 0.109. The molecule has 144 valence electrons. The maximum Gasteiger partial charge on any atom is 0.255 e. The van der Waals surface area contributed by atoms with Crippen LogP contribution in [0, 0.1) is 6.92 Å². The number of aryl methyl sites for hydroxylation is 1. The Morgan fingerprint density at radius 3 is 2.50 bits per heavy atom. The average molecular weight is 393 g/mol. The van der Waals surface area contributed by atoms with Crippen molar-refractivity contribution < 1.29 is 4.79 Å². The normalized spacial score (nSPS) is 14.9. The van der Waals surface area contributed by atoms with Gasteiger partial charge >= 0.3 is 0 Å². The van der Waals surface area contributed by atoms with E-state index >= 15 is 0 Å². The van der Waals surface area contributed by atoms with Crippen LogP contribution in [0.5, 0.6) is 0 Å². The first-order valence-corrected chi connectivity index (χ1v) is 10.3. The van der Waals surface area contributed by atoms with Crippen molar-refractivity contribution in [3.8, 4) is 10.6 Å². The van der Waals surface area contributed by atoms with Crippen LogP contribution in [0.25, 0.3) is 10.6 Å². The van der Waals surface area contributed by atoms with Crippen molar-refractivity contribution in [2.24, 2.45) is 0 Å². The second kappa shape index (κ2) is 8.12. The maximum atomic E-state index is 12.7. The molecule has 2 heterocycles.